The van der Waals surface area contributed by atoms with Gasteiger partial charge in [-0.3, -0.25) is 14.4 Å². The van der Waals surface area contributed by atoms with Gasteiger partial charge in [0.1, 0.15) is 13.2 Å². The van der Waals surface area contributed by atoms with Gasteiger partial charge in [-0.15, -0.1) is 0 Å². The van der Waals surface area contributed by atoms with Crippen LogP contribution in [0.2, 0.25) is 0 Å². The van der Waals surface area contributed by atoms with Crippen molar-refractivity contribution in [1.82, 2.24) is 0 Å². The molecule has 0 aromatic heterocycles. The molecule has 0 aliphatic rings. The molecule has 6 nitrogen and oxygen atoms in total. The Kier molecular flexibility index (Phi) is 46.2. The Bertz CT molecular complexity index is 962. The van der Waals surface area contributed by atoms with Gasteiger partial charge in [-0.25, -0.2) is 0 Å². The highest BCUT2D eigenvalue weighted by atomic mass is 16.6. The fraction of sp³-hybridized carbons (Fsp3) is 0.946. The topological polar surface area (TPSA) is 78.9 Å². The van der Waals surface area contributed by atoms with Gasteiger partial charge in [0.15, 0.2) is 6.10 Å². The third-order valence-electron chi connectivity index (χ3n) is 13.0. The lowest BCUT2D eigenvalue weighted by Gasteiger charge is -2.18. The lowest BCUT2D eigenvalue weighted by molar-refractivity contribution is -0.167. The van der Waals surface area contributed by atoms with E-state index in [0.29, 0.717) is 19.3 Å². The molecular formula is C56H108O6. The molecule has 6 heteroatoms. The van der Waals surface area contributed by atoms with Crippen molar-refractivity contribution in [3.8, 4) is 0 Å². The molecule has 368 valence electrons. The summed E-state index contributed by atoms with van der Waals surface area (Å²) >= 11 is 0. The summed E-state index contributed by atoms with van der Waals surface area (Å²) in [7, 11) is 0. The molecule has 0 aromatic rings. The first-order chi connectivity index (χ1) is 30.1. The molecule has 1 unspecified atom stereocenters. The van der Waals surface area contributed by atoms with Gasteiger partial charge in [0.05, 0.1) is 0 Å². The Balaban J connectivity index is 4.31. The molecule has 0 aromatic carbocycles. The molecule has 62 heavy (non-hydrogen) atoms. The average Bonchev–Trinajstić information content (AvgIpc) is 3.24. The summed E-state index contributed by atoms with van der Waals surface area (Å²) in [5, 5.41) is 0. The van der Waals surface area contributed by atoms with Crippen LogP contribution in [0.5, 0.6) is 0 Å². The Morgan fingerprint density at radius 3 is 0.839 bits per heavy atom. The highest BCUT2D eigenvalue weighted by Gasteiger charge is 2.19. The van der Waals surface area contributed by atoms with Gasteiger partial charge in [0.2, 0.25) is 0 Å². The van der Waals surface area contributed by atoms with E-state index in [1.807, 2.05) is 0 Å². The standard InChI is InChI=1S/C56H108O6/c1-7-52(6)44-38-32-26-20-15-17-23-29-35-41-47-56(59)62-53(49-61-55(58)46-40-34-28-22-16-14-19-25-31-37-43-51(4)5)48-60-54(57)45-39-33-27-21-13-11-9-8-10-12-18-24-30-36-42-50(2)3/h50-53H,7-49H2,1-6H3/t52?,53-/m0/s1. The second-order valence-electron chi connectivity index (χ2n) is 20.4. The summed E-state index contributed by atoms with van der Waals surface area (Å²) in [6, 6.07) is 0. The second kappa shape index (κ2) is 47.4. The van der Waals surface area contributed by atoms with E-state index in [9.17, 15) is 14.4 Å². The number of ether oxygens (including phenoxy) is 3. The summed E-state index contributed by atoms with van der Waals surface area (Å²) < 4.78 is 16.9. The smallest absolute Gasteiger partial charge is 0.306 e. The second-order valence-corrected chi connectivity index (χ2v) is 20.4. The largest absolute Gasteiger partial charge is 0.462 e. The van der Waals surface area contributed by atoms with Crippen LogP contribution in [-0.2, 0) is 28.6 Å². The van der Waals surface area contributed by atoms with Crippen molar-refractivity contribution >= 4 is 17.9 Å². The molecule has 0 N–H and O–H groups in total. The Morgan fingerprint density at radius 2 is 0.565 bits per heavy atom. The molecule has 2 atom stereocenters. The lowest BCUT2D eigenvalue weighted by atomic mass is 9.99. The quantitative estimate of drug-likeness (QED) is 0.0344. The SMILES string of the molecule is CCC(C)CCCCCCCCCCCCC(=O)O[C@@H](COC(=O)CCCCCCCCCCCCCCCCC(C)C)COC(=O)CCCCCCCCCCCCC(C)C. The molecule has 0 spiro atoms. The van der Waals surface area contributed by atoms with E-state index in [-0.39, 0.29) is 31.1 Å². The maximum Gasteiger partial charge on any atom is 0.306 e. The average molecular weight is 877 g/mol. The molecule has 0 aliphatic heterocycles. The van der Waals surface area contributed by atoms with Gasteiger partial charge < -0.3 is 14.2 Å². The van der Waals surface area contributed by atoms with Crippen LogP contribution >= 0.6 is 0 Å². The summed E-state index contributed by atoms with van der Waals surface area (Å²) in [5.41, 5.74) is 0. The third-order valence-corrected chi connectivity index (χ3v) is 13.0. The zero-order valence-corrected chi connectivity index (χ0v) is 42.7. The molecule has 0 rings (SSSR count). The molecular weight excluding hydrogens is 769 g/mol. The fourth-order valence-corrected chi connectivity index (χ4v) is 8.44. The molecule has 0 saturated carbocycles. The molecule has 0 bridgehead atoms. The van der Waals surface area contributed by atoms with Gasteiger partial charge in [0, 0.05) is 19.3 Å². The number of carbonyl (C=O) groups excluding carboxylic acids is 3. The Labute approximate surface area is 387 Å². The van der Waals surface area contributed by atoms with Crippen molar-refractivity contribution in [1.29, 1.82) is 0 Å². The zero-order valence-electron chi connectivity index (χ0n) is 42.7. The van der Waals surface area contributed by atoms with Crippen LogP contribution in [-0.4, -0.2) is 37.2 Å². The number of rotatable bonds is 49. The summed E-state index contributed by atoms with van der Waals surface area (Å²) in [4.78, 5) is 38.1. The maximum absolute atomic E-state index is 12.8. The van der Waals surface area contributed by atoms with Gasteiger partial charge in [-0.1, -0.05) is 266 Å². The lowest BCUT2D eigenvalue weighted by Crippen LogP contribution is -2.30. The predicted molar refractivity (Wildman–Crippen MR) is 266 cm³/mol. The molecule has 0 amide bonds. The predicted octanol–water partition coefficient (Wildman–Crippen LogP) is 17.9. The molecule has 0 fully saturated rings. The van der Waals surface area contributed by atoms with Gasteiger partial charge in [-0.2, -0.15) is 0 Å². The minimum atomic E-state index is -0.763. The number of unbranched alkanes of at least 4 members (excludes halogenated alkanes) is 31. The van der Waals surface area contributed by atoms with E-state index in [2.05, 4.69) is 41.5 Å². The van der Waals surface area contributed by atoms with Crippen molar-refractivity contribution in [3.63, 3.8) is 0 Å². The van der Waals surface area contributed by atoms with Crippen molar-refractivity contribution in [2.45, 2.75) is 311 Å². The van der Waals surface area contributed by atoms with E-state index >= 15 is 0 Å². The summed E-state index contributed by atoms with van der Waals surface area (Å²) in [6.07, 6.45) is 48.0. The highest BCUT2D eigenvalue weighted by Crippen LogP contribution is 2.18. The normalized spacial score (nSPS) is 12.6. The number of carbonyl (C=O) groups is 3. The van der Waals surface area contributed by atoms with Crippen LogP contribution in [0.15, 0.2) is 0 Å². The number of hydrogen-bond acceptors (Lipinski definition) is 6. The zero-order chi connectivity index (χ0) is 45.6. The molecule has 0 aliphatic carbocycles. The first-order valence-electron chi connectivity index (χ1n) is 27.6. The molecule has 0 saturated heterocycles. The van der Waals surface area contributed by atoms with Crippen molar-refractivity contribution < 1.29 is 28.6 Å². The number of hydrogen-bond donors (Lipinski definition) is 0. The Hall–Kier alpha value is -1.59. The summed E-state index contributed by atoms with van der Waals surface area (Å²) in [5.74, 6) is 1.68. The fourth-order valence-electron chi connectivity index (χ4n) is 8.44. The van der Waals surface area contributed by atoms with E-state index in [1.165, 1.54) is 186 Å². The van der Waals surface area contributed by atoms with E-state index < -0.39 is 6.10 Å². The van der Waals surface area contributed by atoms with Crippen LogP contribution in [0, 0.1) is 17.8 Å². The molecule has 0 heterocycles. The third kappa shape index (κ3) is 47.9. The van der Waals surface area contributed by atoms with Gasteiger partial charge in [0.25, 0.3) is 0 Å². The first kappa shape index (κ1) is 60.4. The minimum Gasteiger partial charge on any atom is -0.462 e. The van der Waals surface area contributed by atoms with Crippen molar-refractivity contribution in [3.05, 3.63) is 0 Å². The van der Waals surface area contributed by atoms with Crippen LogP contribution in [0.4, 0.5) is 0 Å². The highest BCUT2D eigenvalue weighted by molar-refractivity contribution is 5.71. The van der Waals surface area contributed by atoms with E-state index in [0.717, 1.165) is 75.5 Å². The van der Waals surface area contributed by atoms with Gasteiger partial charge in [-0.05, 0) is 37.0 Å². The summed E-state index contributed by atoms with van der Waals surface area (Å²) in [6.45, 7) is 13.8. The van der Waals surface area contributed by atoms with Crippen molar-refractivity contribution in [2.75, 3.05) is 13.2 Å². The minimum absolute atomic E-state index is 0.0641. The maximum atomic E-state index is 12.8. The first-order valence-corrected chi connectivity index (χ1v) is 27.6. The van der Waals surface area contributed by atoms with E-state index in [1.54, 1.807) is 0 Å². The van der Waals surface area contributed by atoms with Crippen LogP contribution in [0.25, 0.3) is 0 Å². The van der Waals surface area contributed by atoms with Crippen molar-refractivity contribution in [2.24, 2.45) is 17.8 Å². The Morgan fingerprint density at radius 1 is 0.323 bits per heavy atom. The number of esters is 3. The van der Waals surface area contributed by atoms with Crippen LogP contribution in [0.3, 0.4) is 0 Å². The monoisotopic (exact) mass is 877 g/mol. The molecule has 0 radical (unpaired) electrons. The van der Waals surface area contributed by atoms with Crippen LogP contribution in [0.1, 0.15) is 305 Å². The van der Waals surface area contributed by atoms with E-state index in [4.69, 9.17) is 14.2 Å². The van der Waals surface area contributed by atoms with Gasteiger partial charge >= 0.3 is 17.9 Å². The van der Waals surface area contributed by atoms with Crippen LogP contribution < -0.4 is 0 Å².